The van der Waals surface area contributed by atoms with E-state index in [2.05, 4.69) is 25.0 Å². The van der Waals surface area contributed by atoms with Crippen molar-refractivity contribution < 1.29 is 24.3 Å². The summed E-state index contributed by atoms with van der Waals surface area (Å²) in [5, 5.41) is 23.8. The number of aliphatic hydroxyl groups is 1. The van der Waals surface area contributed by atoms with Gasteiger partial charge in [-0.25, -0.2) is 0 Å². The van der Waals surface area contributed by atoms with Gasteiger partial charge < -0.3 is 15.0 Å². The fourth-order valence-corrected chi connectivity index (χ4v) is 5.75. The molecule has 1 fully saturated rings. The third-order valence-corrected chi connectivity index (χ3v) is 7.30. The predicted molar refractivity (Wildman–Crippen MR) is 87.6 cm³/mol. The SMILES string of the molecule is CC1=CSC(C)[N+]1(C)C1C(S)=C(C(=O)[O-])N2C(=O)[C@@H]([C@@H](C)O)C12. The third-order valence-electron chi connectivity index (χ3n) is 5.52. The number of carbonyl (C=O) groups is 2. The van der Waals surface area contributed by atoms with E-state index in [4.69, 9.17) is 0 Å². The highest BCUT2D eigenvalue weighted by molar-refractivity contribution is 8.02. The number of nitrogens with zero attached hydrogens (tertiary/aromatic N) is 2. The number of thiol groups is 1. The molecule has 1 saturated heterocycles. The van der Waals surface area contributed by atoms with Gasteiger partial charge in [0.05, 0.1) is 35.6 Å². The van der Waals surface area contributed by atoms with Gasteiger partial charge in [-0.1, -0.05) is 11.8 Å². The molecular formula is C15H20N2O4S2. The number of rotatable bonds is 3. The van der Waals surface area contributed by atoms with Gasteiger partial charge >= 0.3 is 0 Å². The van der Waals surface area contributed by atoms with Crippen LogP contribution in [0.4, 0.5) is 0 Å². The molecule has 8 heteroatoms. The van der Waals surface area contributed by atoms with Gasteiger partial charge in [0.2, 0.25) is 5.91 Å². The number of amides is 1. The van der Waals surface area contributed by atoms with Crippen LogP contribution in [0.15, 0.2) is 21.7 Å². The van der Waals surface area contributed by atoms with Crippen molar-refractivity contribution in [2.75, 3.05) is 7.05 Å². The largest absolute Gasteiger partial charge is 0.543 e. The van der Waals surface area contributed by atoms with Gasteiger partial charge in [0.1, 0.15) is 23.2 Å². The van der Waals surface area contributed by atoms with Crippen molar-refractivity contribution in [3.05, 3.63) is 21.7 Å². The molecule has 3 aliphatic rings. The third kappa shape index (κ3) is 1.98. The molecule has 6 nitrogen and oxygen atoms in total. The molecule has 0 spiro atoms. The Morgan fingerprint density at radius 1 is 1.57 bits per heavy atom. The van der Waals surface area contributed by atoms with E-state index in [1.54, 1.807) is 18.7 Å². The molecule has 0 aliphatic carbocycles. The summed E-state index contributed by atoms with van der Waals surface area (Å²) in [5.41, 5.74) is 0.934. The number of β-lactam (4-membered cyclic amide) rings is 1. The highest BCUT2D eigenvalue weighted by Crippen LogP contribution is 2.53. The first kappa shape index (κ1) is 16.9. The monoisotopic (exact) mass is 356 g/mol. The van der Waals surface area contributed by atoms with E-state index in [1.807, 2.05) is 14.0 Å². The van der Waals surface area contributed by atoms with Crippen LogP contribution in [0.25, 0.3) is 0 Å². The average Bonchev–Trinajstić information content (AvgIpc) is 2.86. The van der Waals surface area contributed by atoms with Gasteiger partial charge in [-0.05, 0) is 13.8 Å². The van der Waals surface area contributed by atoms with E-state index in [0.717, 1.165) is 5.70 Å². The minimum Gasteiger partial charge on any atom is -0.543 e. The number of quaternary nitrogens is 1. The van der Waals surface area contributed by atoms with Gasteiger partial charge in [0, 0.05) is 12.3 Å². The summed E-state index contributed by atoms with van der Waals surface area (Å²) in [7, 11) is 2.02. The van der Waals surface area contributed by atoms with E-state index in [-0.39, 0.29) is 23.0 Å². The van der Waals surface area contributed by atoms with Crippen LogP contribution in [0, 0.1) is 5.92 Å². The number of carbonyl (C=O) groups excluding carboxylic acids is 2. The van der Waals surface area contributed by atoms with Crippen molar-refractivity contribution >= 4 is 36.3 Å². The Hall–Kier alpha value is -0.960. The summed E-state index contributed by atoms with van der Waals surface area (Å²) in [6, 6.07) is -0.720. The summed E-state index contributed by atoms with van der Waals surface area (Å²) in [5.74, 6) is -2.38. The van der Waals surface area contributed by atoms with E-state index in [1.165, 1.54) is 4.90 Å². The molecule has 1 amide bonds. The normalized spacial score (nSPS) is 40.9. The standard InChI is InChI=1S/C15H20N2O4S2/c1-6-5-23-8(3)17(6,4)12-10-9(7(2)18)14(19)16(10)11(13(12)22)15(20)21/h5,7-10,12,18H,1-4H3,(H-,20,21,22)/t7-,8?,9+,10?,12?,17?/m1/s1. The maximum absolute atomic E-state index is 12.4. The van der Waals surface area contributed by atoms with Gasteiger partial charge in [-0.2, -0.15) is 0 Å². The topological polar surface area (TPSA) is 80.7 Å². The maximum atomic E-state index is 12.4. The average molecular weight is 356 g/mol. The Labute approximate surface area is 144 Å². The molecule has 0 radical (unpaired) electrons. The highest BCUT2D eigenvalue weighted by Gasteiger charge is 2.66. The molecule has 6 atom stereocenters. The Morgan fingerprint density at radius 3 is 2.61 bits per heavy atom. The van der Waals surface area contributed by atoms with Crippen LogP contribution in [0.3, 0.4) is 0 Å². The summed E-state index contributed by atoms with van der Waals surface area (Å²) in [4.78, 5) is 25.5. The minimum atomic E-state index is -1.40. The second-order valence-corrected chi connectivity index (χ2v) is 8.25. The molecule has 0 aromatic carbocycles. The minimum absolute atomic E-state index is 0.151. The Bertz CT molecular complexity index is 660. The fourth-order valence-electron chi connectivity index (χ4n) is 3.99. The summed E-state index contributed by atoms with van der Waals surface area (Å²) >= 11 is 6.14. The summed E-state index contributed by atoms with van der Waals surface area (Å²) < 4.78 is 0.470. The number of aliphatic hydroxyl groups excluding tert-OH is 1. The summed E-state index contributed by atoms with van der Waals surface area (Å²) in [6.07, 6.45) is -0.838. The number of carboxylic acid groups (broad SMARTS) is 1. The molecule has 23 heavy (non-hydrogen) atoms. The van der Waals surface area contributed by atoms with E-state index in [0.29, 0.717) is 9.39 Å². The molecule has 1 N–H and O–H groups in total. The zero-order valence-electron chi connectivity index (χ0n) is 13.4. The Kier molecular flexibility index (Phi) is 3.87. The quantitative estimate of drug-likeness (QED) is 0.418. The van der Waals surface area contributed by atoms with Crippen molar-refractivity contribution in [1.82, 2.24) is 4.90 Å². The number of aliphatic carboxylic acids is 1. The lowest BCUT2D eigenvalue weighted by atomic mass is 9.80. The molecule has 3 rings (SSSR count). The lowest BCUT2D eigenvalue weighted by Crippen LogP contribution is -2.71. The van der Waals surface area contributed by atoms with Crippen molar-refractivity contribution in [3.8, 4) is 0 Å². The second kappa shape index (κ2) is 5.27. The Balaban J connectivity index is 2.13. The number of carboxylic acids is 1. The predicted octanol–water partition coefficient (Wildman–Crippen LogP) is -0.132. The molecular weight excluding hydrogens is 336 g/mol. The van der Waals surface area contributed by atoms with Crippen molar-refractivity contribution in [1.29, 1.82) is 0 Å². The van der Waals surface area contributed by atoms with Crippen LogP contribution in [0.1, 0.15) is 20.8 Å². The first-order valence-corrected chi connectivity index (χ1v) is 8.87. The number of fused-ring (bicyclic) bond motifs is 1. The smallest absolute Gasteiger partial charge is 0.235 e. The number of hydrogen-bond acceptors (Lipinski definition) is 6. The van der Waals surface area contributed by atoms with Crippen LogP contribution in [0.5, 0.6) is 0 Å². The zero-order valence-corrected chi connectivity index (χ0v) is 15.1. The Morgan fingerprint density at radius 2 is 2.17 bits per heavy atom. The fraction of sp³-hybridized carbons (Fsp3) is 0.600. The maximum Gasteiger partial charge on any atom is 0.235 e. The van der Waals surface area contributed by atoms with Crippen LogP contribution in [0.2, 0.25) is 0 Å². The number of thioether (sulfide) groups is 1. The van der Waals surface area contributed by atoms with Crippen molar-refractivity contribution in [3.63, 3.8) is 0 Å². The van der Waals surface area contributed by atoms with E-state index >= 15 is 0 Å². The molecule has 3 aliphatic heterocycles. The van der Waals surface area contributed by atoms with Crippen LogP contribution in [-0.2, 0) is 9.59 Å². The number of allylic oxidation sites excluding steroid dienone is 1. The zero-order chi connectivity index (χ0) is 17.3. The molecule has 3 heterocycles. The molecule has 126 valence electrons. The molecule has 4 unspecified atom stereocenters. The van der Waals surface area contributed by atoms with Crippen LogP contribution in [-0.4, -0.2) is 57.0 Å². The van der Waals surface area contributed by atoms with Gasteiger partial charge in [-0.3, -0.25) is 14.2 Å². The van der Waals surface area contributed by atoms with Crippen molar-refractivity contribution in [2.45, 2.75) is 44.3 Å². The first-order valence-electron chi connectivity index (χ1n) is 7.48. The molecule has 0 saturated carbocycles. The summed E-state index contributed by atoms with van der Waals surface area (Å²) in [6.45, 7) is 5.63. The van der Waals surface area contributed by atoms with Gasteiger partial charge in [0.15, 0.2) is 0 Å². The second-order valence-electron chi connectivity index (χ2n) is 6.57. The lowest BCUT2D eigenvalue weighted by molar-refractivity contribution is -0.899. The number of hydrogen-bond donors (Lipinski definition) is 2. The van der Waals surface area contributed by atoms with E-state index in [9.17, 15) is 19.8 Å². The van der Waals surface area contributed by atoms with Crippen LogP contribution >= 0.6 is 24.4 Å². The highest BCUT2D eigenvalue weighted by atomic mass is 32.2. The molecule has 0 bridgehead atoms. The van der Waals surface area contributed by atoms with Gasteiger partial charge in [-0.15, -0.1) is 12.6 Å². The number of likely N-dealkylation sites (N-methyl/N-ethyl adjacent to an activating group) is 1. The first-order chi connectivity index (χ1) is 10.6. The molecule has 0 aromatic rings. The van der Waals surface area contributed by atoms with Crippen molar-refractivity contribution in [2.24, 2.45) is 5.92 Å². The van der Waals surface area contributed by atoms with E-state index < -0.39 is 24.0 Å². The van der Waals surface area contributed by atoms with Gasteiger partial charge in [0.25, 0.3) is 0 Å². The molecule has 0 aromatic heterocycles. The lowest BCUT2D eigenvalue weighted by Gasteiger charge is -2.51. The van der Waals surface area contributed by atoms with Crippen LogP contribution < -0.4 is 5.11 Å².